The standard InChI is InChI=1S/C30H42N4O6S/c1-20-13-15-24(16-14-20)41(38,39)33(4)18-27-21(2)17-34(22(3)19-35)29(36)25-11-8-12-26(28(25)40-27)32-30(37)31-23-9-6-5-7-10-23/h8,11-16,21-23,27,35H,5-7,9-10,17-19H2,1-4H3,(H2,31,32,37)/t21-,22+,27+/m1/s1. The lowest BCUT2D eigenvalue weighted by Gasteiger charge is -2.38. The van der Waals surface area contributed by atoms with Crippen molar-refractivity contribution in [1.82, 2.24) is 14.5 Å². The summed E-state index contributed by atoms with van der Waals surface area (Å²) in [5.74, 6) is -0.450. The number of amides is 3. The lowest BCUT2D eigenvalue weighted by Crippen LogP contribution is -2.50. The average Bonchev–Trinajstić information content (AvgIpc) is 2.95. The van der Waals surface area contributed by atoms with Gasteiger partial charge in [-0.3, -0.25) is 4.79 Å². The van der Waals surface area contributed by atoms with Crippen molar-refractivity contribution in [2.75, 3.05) is 32.1 Å². The van der Waals surface area contributed by atoms with Crippen molar-refractivity contribution in [3.8, 4) is 5.75 Å². The quantitative estimate of drug-likeness (QED) is 0.429. The van der Waals surface area contributed by atoms with Crippen LogP contribution in [0, 0.1) is 12.8 Å². The van der Waals surface area contributed by atoms with Crippen molar-refractivity contribution in [3.63, 3.8) is 0 Å². The van der Waals surface area contributed by atoms with E-state index >= 15 is 0 Å². The monoisotopic (exact) mass is 586 g/mol. The maximum Gasteiger partial charge on any atom is 0.319 e. The molecule has 1 fully saturated rings. The normalized spacial score (nSPS) is 20.9. The van der Waals surface area contributed by atoms with E-state index in [1.165, 1.54) is 17.8 Å². The van der Waals surface area contributed by atoms with Gasteiger partial charge in [-0.1, -0.05) is 49.9 Å². The zero-order chi connectivity index (χ0) is 29.7. The Bertz CT molecular complexity index is 1330. The molecule has 1 saturated carbocycles. The molecule has 3 N–H and O–H groups in total. The molecule has 2 aromatic rings. The molecule has 1 aliphatic heterocycles. The van der Waals surface area contributed by atoms with Gasteiger partial charge in [-0.25, -0.2) is 13.2 Å². The maximum atomic E-state index is 13.7. The van der Waals surface area contributed by atoms with Crippen LogP contribution >= 0.6 is 0 Å². The number of hydrogen-bond acceptors (Lipinski definition) is 6. The summed E-state index contributed by atoms with van der Waals surface area (Å²) in [5, 5.41) is 15.8. The Morgan fingerprint density at radius 3 is 2.49 bits per heavy atom. The van der Waals surface area contributed by atoms with Crippen LogP contribution in [0.5, 0.6) is 5.75 Å². The second-order valence-electron chi connectivity index (χ2n) is 11.3. The van der Waals surface area contributed by atoms with Crippen LogP contribution in [-0.2, 0) is 10.0 Å². The van der Waals surface area contributed by atoms with E-state index in [4.69, 9.17) is 4.74 Å². The van der Waals surface area contributed by atoms with Crippen LogP contribution in [0.15, 0.2) is 47.4 Å². The number of aryl methyl sites for hydroxylation is 1. The molecule has 0 bridgehead atoms. The highest BCUT2D eigenvalue weighted by molar-refractivity contribution is 7.89. The van der Waals surface area contributed by atoms with Gasteiger partial charge in [0.1, 0.15) is 6.10 Å². The Hall–Kier alpha value is -3.15. The SMILES string of the molecule is Cc1ccc(S(=O)(=O)N(C)C[C@@H]2Oc3c(NC(=O)NC4CCCCC4)cccc3C(=O)N([C@@H](C)CO)C[C@H]2C)cc1. The maximum absolute atomic E-state index is 13.7. The molecule has 0 aromatic heterocycles. The summed E-state index contributed by atoms with van der Waals surface area (Å²) in [6.45, 7) is 5.57. The number of nitrogens with zero attached hydrogens (tertiary/aromatic N) is 2. The van der Waals surface area contributed by atoms with E-state index in [9.17, 15) is 23.1 Å². The second kappa shape index (κ2) is 13.2. The molecular weight excluding hydrogens is 544 g/mol. The van der Waals surface area contributed by atoms with Crippen molar-refractivity contribution in [1.29, 1.82) is 0 Å². The lowest BCUT2D eigenvalue weighted by molar-refractivity contribution is 0.0389. The van der Waals surface area contributed by atoms with Crippen molar-refractivity contribution >= 4 is 27.6 Å². The third kappa shape index (κ3) is 7.20. The number of aliphatic hydroxyl groups is 1. The van der Waals surface area contributed by atoms with Gasteiger partial charge in [-0.05, 0) is 51.0 Å². The van der Waals surface area contributed by atoms with Gasteiger partial charge in [0.2, 0.25) is 10.0 Å². The van der Waals surface area contributed by atoms with E-state index in [1.807, 2.05) is 13.8 Å². The van der Waals surface area contributed by atoms with Gasteiger partial charge in [-0.15, -0.1) is 0 Å². The molecule has 3 atom stereocenters. The fraction of sp³-hybridized carbons (Fsp3) is 0.533. The molecule has 0 saturated heterocycles. The number of urea groups is 1. The number of ether oxygens (including phenoxy) is 1. The van der Waals surface area contributed by atoms with Crippen LogP contribution in [0.1, 0.15) is 61.9 Å². The van der Waals surface area contributed by atoms with Gasteiger partial charge in [0.25, 0.3) is 5.91 Å². The molecular formula is C30H42N4O6S. The highest BCUT2D eigenvalue weighted by Gasteiger charge is 2.36. The fourth-order valence-corrected chi connectivity index (χ4v) is 6.58. The van der Waals surface area contributed by atoms with E-state index in [1.54, 1.807) is 54.3 Å². The Labute approximate surface area is 243 Å². The molecule has 2 aromatic carbocycles. The number of anilines is 1. The van der Waals surface area contributed by atoms with E-state index in [0.717, 1.165) is 31.2 Å². The van der Waals surface area contributed by atoms with Crippen molar-refractivity contribution < 1.29 is 27.9 Å². The van der Waals surface area contributed by atoms with Crippen molar-refractivity contribution in [2.45, 2.75) is 76.0 Å². The van der Waals surface area contributed by atoms with E-state index < -0.39 is 22.2 Å². The number of para-hydroxylation sites is 1. The van der Waals surface area contributed by atoms with Crippen molar-refractivity contribution in [2.24, 2.45) is 5.92 Å². The molecule has 0 spiro atoms. The first-order chi connectivity index (χ1) is 19.5. The number of fused-ring (bicyclic) bond motifs is 1. The molecule has 1 aliphatic carbocycles. The van der Waals surface area contributed by atoms with Gasteiger partial charge >= 0.3 is 6.03 Å². The Morgan fingerprint density at radius 2 is 1.83 bits per heavy atom. The van der Waals surface area contributed by atoms with Gasteiger partial charge in [0.15, 0.2) is 5.75 Å². The van der Waals surface area contributed by atoms with E-state index in [-0.39, 0.29) is 59.8 Å². The Kier molecular flexibility index (Phi) is 9.93. The summed E-state index contributed by atoms with van der Waals surface area (Å²) >= 11 is 0. The third-order valence-electron chi connectivity index (χ3n) is 8.05. The summed E-state index contributed by atoms with van der Waals surface area (Å²) in [6.07, 6.45) is 4.49. The number of benzene rings is 2. The predicted molar refractivity (Wildman–Crippen MR) is 158 cm³/mol. The first-order valence-electron chi connectivity index (χ1n) is 14.3. The van der Waals surface area contributed by atoms with Crippen LogP contribution in [0.4, 0.5) is 10.5 Å². The highest BCUT2D eigenvalue weighted by atomic mass is 32.2. The molecule has 0 unspecified atom stereocenters. The zero-order valence-corrected chi connectivity index (χ0v) is 25.1. The first kappa shape index (κ1) is 30.8. The van der Waals surface area contributed by atoms with Gasteiger partial charge in [0, 0.05) is 25.6 Å². The summed E-state index contributed by atoms with van der Waals surface area (Å²) in [6, 6.07) is 10.9. The van der Waals surface area contributed by atoms with E-state index in [2.05, 4.69) is 10.6 Å². The average molecular weight is 587 g/mol. The minimum Gasteiger partial charge on any atom is -0.486 e. The fourth-order valence-electron chi connectivity index (χ4n) is 5.39. The number of carbonyl (C=O) groups is 2. The first-order valence-corrected chi connectivity index (χ1v) is 15.8. The largest absolute Gasteiger partial charge is 0.486 e. The second-order valence-corrected chi connectivity index (χ2v) is 13.4. The summed E-state index contributed by atoms with van der Waals surface area (Å²) in [7, 11) is -2.31. The summed E-state index contributed by atoms with van der Waals surface area (Å²) in [5.41, 5.74) is 1.51. The van der Waals surface area contributed by atoms with Gasteiger partial charge < -0.3 is 25.4 Å². The molecule has 4 rings (SSSR count). The summed E-state index contributed by atoms with van der Waals surface area (Å²) in [4.78, 5) is 28.4. The third-order valence-corrected chi connectivity index (χ3v) is 9.88. The number of nitrogens with one attached hydrogen (secondary N) is 2. The smallest absolute Gasteiger partial charge is 0.319 e. The van der Waals surface area contributed by atoms with Crippen LogP contribution in [-0.4, -0.2) is 79.6 Å². The zero-order valence-electron chi connectivity index (χ0n) is 24.3. The topological polar surface area (TPSA) is 128 Å². The number of likely N-dealkylation sites (N-methyl/N-ethyl adjacent to an activating group) is 1. The number of carbonyl (C=O) groups excluding carboxylic acids is 2. The minimum atomic E-state index is -3.81. The molecule has 3 amide bonds. The molecule has 41 heavy (non-hydrogen) atoms. The number of sulfonamides is 1. The van der Waals surface area contributed by atoms with Gasteiger partial charge in [-0.2, -0.15) is 4.31 Å². The van der Waals surface area contributed by atoms with Crippen LogP contribution in [0.3, 0.4) is 0 Å². The minimum absolute atomic E-state index is 0.00889. The number of rotatable bonds is 8. The van der Waals surface area contributed by atoms with Gasteiger partial charge in [0.05, 0.1) is 35.3 Å². The molecule has 10 nitrogen and oxygen atoms in total. The summed E-state index contributed by atoms with van der Waals surface area (Å²) < 4.78 is 34.5. The molecule has 1 heterocycles. The van der Waals surface area contributed by atoms with Crippen molar-refractivity contribution in [3.05, 3.63) is 53.6 Å². The highest BCUT2D eigenvalue weighted by Crippen LogP contribution is 2.35. The molecule has 2 aliphatic rings. The Morgan fingerprint density at radius 1 is 1.15 bits per heavy atom. The molecule has 11 heteroatoms. The predicted octanol–water partition coefficient (Wildman–Crippen LogP) is 3.99. The van der Waals surface area contributed by atoms with Crippen LogP contribution in [0.25, 0.3) is 0 Å². The molecule has 0 radical (unpaired) electrons. The number of aliphatic hydroxyl groups excluding tert-OH is 1. The molecule has 224 valence electrons. The Balaban J connectivity index is 1.65. The van der Waals surface area contributed by atoms with E-state index in [0.29, 0.717) is 5.69 Å². The number of hydrogen-bond donors (Lipinski definition) is 3. The lowest BCUT2D eigenvalue weighted by atomic mass is 9.96. The van der Waals surface area contributed by atoms with Crippen LogP contribution in [0.2, 0.25) is 0 Å². The van der Waals surface area contributed by atoms with Crippen LogP contribution < -0.4 is 15.4 Å².